The van der Waals surface area contributed by atoms with Crippen LogP contribution >= 0.6 is 0 Å². The number of aryl methyl sites for hydroxylation is 2. The van der Waals surface area contributed by atoms with Crippen molar-refractivity contribution in [3.63, 3.8) is 0 Å². The van der Waals surface area contributed by atoms with Crippen LogP contribution in [0, 0.1) is 31.1 Å². The first-order chi connectivity index (χ1) is 13.0. The lowest BCUT2D eigenvalue weighted by molar-refractivity contribution is -0.121. The molecule has 2 aromatic rings. The van der Waals surface area contributed by atoms with E-state index in [0.717, 1.165) is 5.56 Å². The third kappa shape index (κ3) is 4.35. The summed E-state index contributed by atoms with van der Waals surface area (Å²) >= 11 is 0. The minimum atomic E-state index is -0.125. The summed E-state index contributed by atoms with van der Waals surface area (Å²) in [5.41, 5.74) is 4.13. The molecule has 0 radical (unpaired) electrons. The largest absolute Gasteiger partial charge is 0.339 e. The molecule has 2 amide bonds. The number of carbonyl (C=O) groups excluding carboxylic acids is 2. The smallest absolute Gasteiger partial charge is 0.253 e. The summed E-state index contributed by atoms with van der Waals surface area (Å²) < 4.78 is 0. The maximum Gasteiger partial charge on any atom is 0.253 e. The molecule has 1 saturated heterocycles. The van der Waals surface area contributed by atoms with Crippen molar-refractivity contribution in [3.05, 3.63) is 64.7 Å². The van der Waals surface area contributed by atoms with E-state index in [1.54, 1.807) is 24.3 Å². The molecule has 27 heavy (non-hydrogen) atoms. The molecular formula is C22H23N3O2. The van der Waals surface area contributed by atoms with Crippen LogP contribution in [0.5, 0.6) is 0 Å². The van der Waals surface area contributed by atoms with Gasteiger partial charge in [-0.25, -0.2) is 0 Å². The fourth-order valence-electron chi connectivity index (χ4n) is 3.31. The molecule has 0 unspecified atom stereocenters. The van der Waals surface area contributed by atoms with E-state index in [9.17, 15) is 9.59 Å². The van der Waals surface area contributed by atoms with Gasteiger partial charge in [-0.05, 0) is 68.1 Å². The van der Waals surface area contributed by atoms with Gasteiger partial charge in [0, 0.05) is 30.3 Å². The number of anilines is 1. The summed E-state index contributed by atoms with van der Waals surface area (Å²) in [6, 6.07) is 14.7. The molecule has 5 heteroatoms. The molecule has 1 N–H and O–H groups in total. The number of amides is 2. The molecule has 1 fully saturated rings. The molecule has 0 spiro atoms. The maximum absolute atomic E-state index is 12.7. The van der Waals surface area contributed by atoms with Gasteiger partial charge in [-0.3, -0.25) is 9.59 Å². The molecule has 2 aromatic carbocycles. The molecule has 0 atom stereocenters. The average molecular weight is 361 g/mol. The van der Waals surface area contributed by atoms with Crippen LogP contribution in [-0.2, 0) is 4.79 Å². The molecule has 138 valence electrons. The molecule has 1 aliphatic heterocycles. The standard InChI is InChI=1S/C22H23N3O2/c1-15-6-7-19(12-16(15)2)22(27)25-10-8-18(9-11-25)21(26)24-20-5-3-4-17(13-20)14-23/h3-7,12-13,18H,8-11H2,1-2H3,(H,24,26). The van der Waals surface area contributed by atoms with Gasteiger partial charge in [-0.2, -0.15) is 5.26 Å². The number of likely N-dealkylation sites (tertiary alicyclic amines) is 1. The number of piperidine rings is 1. The Balaban J connectivity index is 1.57. The fraction of sp³-hybridized carbons (Fsp3) is 0.318. The van der Waals surface area contributed by atoms with Gasteiger partial charge in [0.25, 0.3) is 5.91 Å². The summed E-state index contributed by atoms with van der Waals surface area (Å²) in [6.07, 6.45) is 1.28. The Labute approximate surface area is 159 Å². The number of hydrogen-bond acceptors (Lipinski definition) is 3. The highest BCUT2D eigenvalue weighted by molar-refractivity contribution is 5.95. The lowest BCUT2D eigenvalue weighted by atomic mass is 9.95. The zero-order chi connectivity index (χ0) is 19.4. The number of nitrogens with zero attached hydrogens (tertiary/aromatic N) is 2. The third-order valence-corrected chi connectivity index (χ3v) is 5.17. The summed E-state index contributed by atoms with van der Waals surface area (Å²) in [4.78, 5) is 27.0. The second-order valence-electron chi connectivity index (χ2n) is 7.05. The number of nitriles is 1. The van der Waals surface area contributed by atoms with E-state index in [2.05, 4.69) is 11.4 Å². The molecule has 5 nitrogen and oxygen atoms in total. The lowest BCUT2D eigenvalue weighted by Gasteiger charge is -2.31. The Morgan fingerprint density at radius 2 is 1.81 bits per heavy atom. The molecule has 1 aliphatic rings. The number of carbonyl (C=O) groups is 2. The van der Waals surface area contributed by atoms with Crippen LogP contribution in [0.25, 0.3) is 0 Å². The van der Waals surface area contributed by atoms with Crippen LogP contribution in [-0.4, -0.2) is 29.8 Å². The van der Waals surface area contributed by atoms with Crippen LogP contribution in [0.2, 0.25) is 0 Å². The zero-order valence-corrected chi connectivity index (χ0v) is 15.7. The average Bonchev–Trinajstić information content (AvgIpc) is 2.69. The minimum Gasteiger partial charge on any atom is -0.339 e. The van der Waals surface area contributed by atoms with Crippen molar-refractivity contribution in [2.24, 2.45) is 5.92 Å². The van der Waals surface area contributed by atoms with Crippen molar-refractivity contribution in [1.82, 2.24) is 4.90 Å². The first kappa shape index (κ1) is 18.7. The van der Waals surface area contributed by atoms with Gasteiger partial charge >= 0.3 is 0 Å². The van der Waals surface area contributed by atoms with Gasteiger partial charge in [0.2, 0.25) is 5.91 Å². The van der Waals surface area contributed by atoms with Crippen molar-refractivity contribution in [3.8, 4) is 6.07 Å². The monoisotopic (exact) mass is 361 g/mol. The van der Waals surface area contributed by atoms with Gasteiger partial charge in [0.1, 0.15) is 0 Å². The summed E-state index contributed by atoms with van der Waals surface area (Å²) in [5, 5.41) is 11.8. The highest BCUT2D eigenvalue weighted by Crippen LogP contribution is 2.22. The molecule has 0 aliphatic carbocycles. The lowest BCUT2D eigenvalue weighted by Crippen LogP contribution is -2.41. The first-order valence-corrected chi connectivity index (χ1v) is 9.15. The van der Waals surface area contributed by atoms with Crippen molar-refractivity contribution < 1.29 is 9.59 Å². The van der Waals surface area contributed by atoms with Crippen LogP contribution in [0.15, 0.2) is 42.5 Å². The predicted molar refractivity (Wildman–Crippen MR) is 104 cm³/mol. The van der Waals surface area contributed by atoms with Gasteiger partial charge in [0.15, 0.2) is 0 Å². The zero-order valence-electron chi connectivity index (χ0n) is 15.7. The molecule has 0 saturated carbocycles. The van der Waals surface area contributed by atoms with E-state index in [1.165, 1.54) is 5.56 Å². The first-order valence-electron chi connectivity index (χ1n) is 9.15. The SMILES string of the molecule is Cc1ccc(C(=O)N2CCC(C(=O)Nc3cccc(C#N)c3)CC2)cc1C. The summed E-state index contributed by atoms with van der Waals surface area (Å²) in [6.45, 7) is 5.17. The highest BCUT2D eigenvalue weighted by Gasteiger charge is 2.28. The number of rotatable bonds is 3. The quantitative estimate of drug-likeness (QED) is 0.906. The minimum absolute atomic E-state index is 0.0266. The number of benzene rings is 2. The van der Waals surface area contributed by atoms with E-state index in [4.69, 9.17) is 5.26 Å². The van der Waals surface area contributed by atoms with Crippen molar-refractivity contribution in [1.29, 1.82) is 5.26 Å². The van der Waals surface area contributed by atoms with E-state index >= 15 is 0 Å². The Kier molecular flexibility index (Phi) is 5.56. The van der Waals surface area contributed by atoms with Crippen LogP contribution in [0.4, 0.5) is 5.69 Å². The van der Waals surface area contributed by atoms with E-state index < -0.39 is 0 Å². The fourth-order valence-corrected chi connectivity index (χ4v) is 3.31. The van der Waals surface area contributed by atoms with Gasteiger partial charge < -0.3 is 10.2 Å². The van der Waals surface area contributed by atoms with Crippen LogP contribution < -0.4 is 5.32 Å². The van der Waals surface area contributed by atoms with Crippen molar-refractivity contribution in [2.45, 2.75) is 26.7 Å². The molecular weight excluding hydrogens is 338 g/mol. The van der Waals surface area contributed by atoms with Gasteiger partial charge in [-0.15, -0.1) is 0 Å². The Morgan fingerprint density at radius 1 is 1.07 bits per heavy atom. The highest BCUT2D eigenvalue weighted by atomic mass is 16.2. The van der Waals surface area contributed by atoms with E-state index in [-0.39, 0.29) is 17.7 Å². The maximum atomic E-state index is 12.7. The Bertz CT molecular complexity index is 906. The topological polar surface area (TPSA) is 73.2 Å². The molecule has 0 bridgehead atoms. The van der Waals surface area contributed by atoms with Crippen LogP contribution in [0.1, 0.15) is 39.9 Å². The Hall–Kier alpha value is -3.13. The van der Waals surface area contributed by atoms with Gasteiger partial charge in [0.05, 0.1) is 11.6 Å². The molecule has 3 rings (SSSR count). The van der Waals surface area contributed by atoms with Crippen molar-refractivity contribution in [2.75, 3.05) is 18.4 Å². The van der Waals surface area contributed by atoms with E-state index in [1.807, 2.05) is 36.9 Å². The number of nitrogens with one attached hydrogen (secondary N) is 1. The molecule has 1 heterocycles. The van der Waals surface area contributed by atoms with Gasteiger partial charge in [-0.1, -0.05) is 12.1 Å². The van der Waals surface area contributed by atoms with Crippen molar-refractivity contribution >= 4 is 17.5 Å². The third-order valence-electron chi connectivity index (χ3n) is 5.17. The molecule has 0 aromatic heterocycles. The predicted octanol–water partition coefficient (Wildman–Crippen LogP) is 3.67. The second-order valence-corrected chi connectivity index (χ2v) is 7.05. The Morgan fingerprint density at radius 3 is 2.48 bits per heavy atom. The summed E-state index contributed by atoms with van der Waals surface area (Å²) in [7, 11) is 0. The van der Waals surface area contributed by atoms with Crippen LogP contribution in [0.3, 0.4) is 0 Å². The number of hydrogen-bond donors (Lipinski definition) is 1. The summed E-state index contributed by atoms with van der Waals surface area (Å²) in [5.74, 6) is -0.151. The second kappa shape index (κ2) is 8.05. The van der Waals surface area contributed by atoms with E-state index in [0.29, 0.717) is 42.7 Å². The normalized spacial score (nSPS) is 14.5.